The Hall–Kier alpha value is -4.79. The SMILES string of the molecule is CCn1cc2c(nc(NC(=O)Cc3ccc(-c4ccccc4)cc3)n3nc(-c4ccco4)nc23)n1. The molecule has 0 saturated carbocycles. The molecule has 0 unspecified atom stereocenters. The van der Waals surface area contributed by atoms with Crippen molar-refractivity contribution in [1.29, 1.82) is 0 Å². The molecule has 4 aromatic heterocycles. The number of aromatic nitrogens is 6. The zero-order chi connectivity index (χ0) is 23.8. The minimum atomic E-state index is -0.212. The summed E-state index contributed by atoms with van der Waals surface area (Å²) in [5.41, 5.74) is 4.16. The molecule has 4 heterocycles. The molecular formula is C26H21N7O2. The number of benzene rings is 2. The van der Waals surface area contributed by atoms with Crippen LogP contribution in [0.1, 0.15) is 12.5 Å². The van der Waals surface area contributed by atoms with Gasteiger partial charge in [0.15, 0.2) is 17.1 Å². The minimum Gasteiger partial charge on any atom is -0.461 e. The number of fused-ring (bicyclic) bond motifs is 3. The van der Waals surface area contributed by atoms with Gasteiger partial charge in [0.1, 0.15) is 0 Å². The smallest absolute Gasteiger partial charge is 0.234 e. The second kappa shape index (κ2) is 8.53. The number of nitrogens with one attached hydrogen (secondary N) is 1. The molecule has 0 bridgehead atoms. The minimum absolute atomic E-state index is 0.194. The van der Waals surface area contributed by atoms with Crippen molar-refractivity contribution in [3.8, 4) is 22.7 Å². The molecule has 172 valence electrons. The molecule has 1 N–H and O–H groups in total. The van der Waals surface area contributed by atoms with Crippen LogP contribution in [-0.2, 0) is 17.8 Å². The lowest BCUT2D eigenvalue weighted by molar-refractivity contribution is -0.115. The van der Waals surface area contributed by atoms with Crippen LogP contribution in [0.15, 0.2) is 83.6 Å². The van der Waals surface area contributed by atoms with Crippen molar-refractivity contribution in [3.05, 3.63) is 84.8 Å². The van der Waals surface area contributed by atoms with Gasteiger partial charge in [-0.1, -0.05) is 54.6 Å². The van der Waals surface area contributed by atoms with Crippen molar-refractivity contribution >= 4 is 28.5 Å². The third kappa shape index (κ3) is 3.93. The fourth-order valence-electron chi connectivity index (χ4n) is 3.99. The van der Waals surface area contributed by atoms with Crippen LogP contribution in [0.5, 0.6) is 0 Å². The van der Waals surface area contributed by atoms with Crippen molar-refractivity contribution in [2.24, 2.45) is 0 Å². The first-order valence-electron chi connectivity index (χ1n) is 11.3. The summed E-state index contributed by atoms with van der Waals surface area (Å²) in [7, 11) is 0. The van der Waals surface area contributed by atoms with Crippen LogP contribution in [0, 0.1) is 0 Å². The van der Waals surface area contributed by atoms with Gasteiger partial charge in [-0.15, -0.1) is 5.10 Å². The molecule has 1 amide bonds. The summed E-state index contributed by atoms with van der Waals surface area (Å²) in [6.07, 6.45) is 3.63. The Morgan fingerprint density at radius 1 is 0.943 bits per heavy atom. The molecule has 0 atom stereocenters. The van der Waals surface area contributed by atoms with E-state index in [1.165, 1.54) is 4.52 Å². The van der Waals surface area contributed by atoms with E-state index in [1.54, 1.807) is 23.1 Å². The number of hydrogen-bond donors (Lipinski definition) is 1. The largest absolute Gasteiger partial charge is 0.461 e. The molecule has 9 heteroatoms. The van der Waals surface area contributed by atoms with Crippen molar-refractivity contribution < 1.29 is 9.21 Å². The molecule has 0 saturated heterocycles. The zero-order valence-electron chi connectivity index (χ0n) is 18.9. The Morgan fingerprint density at radius 2 is 1.74 bits per heavy atom. The highest BCUT2D eigenvalue weighted by Crippen LogP contribution is 2.24. The van der Waals surface area contributed by atoms with Gasteiger partial charge >= 0.3 is 0 Å². The molecule has 0 aliphatic heterocycles. The van der Waals surface area contributed by atoms with E-state index in [2.05, 4.69) is 37.6 Å². The Bertz CT molecular complexity index is 1630. The maximum Gasteiger partial charge on any atom is 0.234 e. The van der Waals surface area contributed by atoms with E-state index in [1.807, 2.05) is 55.6 Å². The first-order valence-corrected chi connectivity index (χ1v) is 11.3. The Kier molecular flexibility index (Phi) is 5.07. The molecule has 0 fully saturated rings. The van der Waals surface area contributed by atoms with Gasteiger partial charge in [-0.2, -0.15) is 14.6 Å². The maximum absolute atomic E-state index is 13.0. The Labute approximate surface area is 200 Å². The van der Waals surface area contributed by atoms with E-state index in [0.717, 1.165) is 22.1 Å². The molecule has 0 radical (unpaired) electrons. The van der Waals surface area contributed by atoms with Crippen molar-refractivity contribution in [2.75, 3.05) is 5.32 Å². The standard InChI is InChI=1S/C26H21N7O2/c1-2-32-16-20-23(30-32)29-26(33-25(20)28-24(31-33)21-9-6-14-35-21)27-22(34)15-17-10-12-19(13-11-17)18-7-4-3-5-8-18/h3-14,16H,2,15H2,1H3,(H,27,29,30,34). The lowest BCUT2D eigenvalue weighted by Crippen LogP contribution is -2.18. The predicted molar refractivity (Wildman–Crippen MR) is 132 cm³/mol. The lowest BCUT2D eigenvalue weighted by atomic mass is 10.0. The quantitative estimate of drug-likeness (QED) is 0.387. The third-order valence-electron chi connectivity index (χ3n) is 5.75. The average molecular weight is 464 g/mol. The molecule has 6 rings (SSSR count). The second-order valence-corrected chi connectivity index (χ2v) is 8.09. The van der Waals surface area contributed by atoms with E-state index < -0.39 is 0 Å². The fourth-order valence-corrected chi connectivity index (χ4v) is 3.99. The summed E-state index contributed by atoms with van der Waals surface area (Å²) < 4.78 is 8.76. The normalized spacial score (nSPS) is 11.3. The van der Waals surface area contributed by atoms with Crippen LogP contribution in [0.25, 0.3) is 39.4 Å². The Morgan fingerprint density at radius 3 is 2.49 bits per heavy atom. The van der Waals surface area contributed by atoms with E-state index in [-0.39, 0.29) is 18.3 Å². The highest BCUT2D eigenvalue weighted by molar-refractivity contribution is 5.95. The molecule has 9 nitrogen and oxygen atoms in total. The molecule has 0 aliphatic rings. The van der Waals surface area contributed by atoms with Gasteiger partial charge in [0.2, 0.25) is 17.7 Å². The lowest BCUT2D eigenvalue weighted by Gasteiger charge is -2.07. The summed E-state index contributed by atoms with van der Waals surface area (Å²) in [6, 6.07) is 21.6. The monoisotopic (exact) mass is 463 g/mol. The maximum atomic E-state index is 13.0. The van der Waals surface area contributed by atoms with Crippen LogP contribution in [-0.4, -0.2) is 35.3 Å². The third-order valence-corrected chi connectivity index (χ3v) is 5.75. The number of carbonyl (C=O) groups is 1. The number of amides is 1. The van der Waals surface area contributed by atoms with Crippen molar-refractivity contribution in [3.63, 3.8) is 0 Å². The van der Waals surface area contributed by atoms with Gasteiger partial charge in [0, 0.05) is 12.7 Å². The summed E-state index contributed by atoms with van der Waals surface area (Å²) in [5, 5.41) is 12.7. The van der Waals surface area contributed by atoms with Crippen LogP contribution in [0.2, 0.25) is 0 Å². The Balaban J connectivity index is 1.31. The number of anilines is 1. The molecule has 0 spiro atoms. The zero-order valence-corrected chi connectivity index (χ0v) is 18.9. The molecule has 2 aromatic carbocycles. The summed E-state index contributed by atoms with van der Waals surface area (Å²) in [5.74, 6) is 0.974. The molecular weight excluding hydrogens is 442 g/mol. The van der Waals surface area contributed by atoms with E-state index in [9.17, 15) is 4.79 Å². The van der Waals surface area contributed by atoms with Gasteiger partial charge < -0.3 is 4.42 Å². The van der Waals surface area contributed by atoms with Crippen LogP contribution < -0.4 is 5.32 Å². The van der Waals surface area contributed by atoms with Gasteiger partial charge in [0.25, 0.3) is 0 Å². The molecule has 6 aromatic rings. The van der Waals surface area contributed by atoms with E-state index in [4.69, 9.17) is 4.42 Å². The number of hydrogen-bond acceptors (Lipinski definition) is 6. The first-order chi connectivity index (χ1) is 17.2. The van der Waals surface area contributed by atoms with E-state index in [0.29, 0.717) is 29.4 Å². The number of nitrogens with zero attached hydrogens (tertiary/aromatic N) is 6. The van der Waals surface area contributed by atoms with Gasteiger partial charge in [-0.05, 0) is 35.7 Å². The topological polar surface area (TPSA) is 103 Å². The fraction of sp³-hybridized carbons (Fsp3) is 0.115. The van der Waals surface area contributed by atoms with E-state index >= 15 is 0 Å². The molecule has 0 aliphatic carbocycles. The first kappa shape index (κ1) is 20.8. The summed E-state index contributed by atoms with van der Waals surface area (Å²) in [6.45, 7) is 2.68. The number of aryl methyl sites for hydroxylation is 1. The van der Waals surface area contributed by atoms with Crippen LogP contribution in [0.4, 0.5) is 5.95 Å². The average Bonchev–Trinajstić information content (AvgIpc) is 3.64. The van der Waals surface area contributed by atoms with Gasteiger partial charge in [0.05, 0.1) is 18.1 Å². The second-order valence-electron chi connectivity index (χ2n) is 8.09. The number of furan rings is 1. The predicted octanol–water partition coefficient (Wildman–Crippen LogP) is 4.60. The highest BCUT2D eigenvalue weighted by Gasteiger charge is 2.19. The van der Waals surface area contributed by atoms with Crippen LogP contribution in [0.3, 0.4) is 0 Å². The summed E-state index contributed by atoms with van der Waals surface area (Å²) >= 11 is 0. The van der Waals surface area contributed by atoms with Crippen molar-refractivity contribution in [2.45, 2.75) is 19.9 Å². The highest BCUT2D eigenvalue weighted by atomic mass is 16.3. The van der Waals surface area contributed by atoms with Gasteiger partial charge in [-0.25, -0.2) is 4.98 Å². The summed E-state index contributed by atoms with van der Waals surface area (Å²) in [4.78, 5) is 22.2. The number of carbonyl (C=O) groups excluding carboxylic acids is 1. The van der Waals surface area contributed by atoms with Crippen LogP contribution >= 0.6 is 0 Å². The van der Waals surface area contributed by atoms with Crippen molar-refractivity contribution in [1.82, 2.24) is 29.4 Å². The molecule has 35 heavy (non-hydrogen) atoms. The number of rotatable bonds is 6. The van der Waals surface area contributed by atoms with Gasteiger partial charge in [-0.3, -0.25) is 14.8 Å².